The van der Waals surface area contributed by atoms with E-state index in [2.05, 4.69) is 9.88 Å². The lowest BCUT2D eigenvalue weighted by molar-refractivity contribution is 0.111. The van der Waals surface area contributed by atoms with Gasteiger partial charge in [0.2, 0.25) is 0 Å². The van der Waals surface area contributed by atoms with Crippen LogP contribution in [0.5, 0.6) is 0 Å². The number of rotatable bonds is 6. The third-order valence-electron chi connectivity index (χ3n) is 2.96. The van der Waals surface area contributed by atoms with Crippen LogP contribution in [0, 0.1) is 14.2 Å². The first-order valence-corrected chi connectivity index (χ1v) is 7.78. The molecule has 0 saturated carbocycles. The molecule has 20 heavy (non-hydrogen) atoms. The number of nitrogens with zero attached hydrogens (tertiary/aromatic N) is 2. The first kappa shape index (κ1) is 15.9. The van der Waals surface area contributed by atoms with Gasteiger partial charge in [0, 0.05) is 19.2 Å². The van der Waals surface area contributed by atoms with Gasteiger partial charge < -0.3 is 19.2 Å². The lowest BCUT2D eigenvalue weighted by atomic mass is 10.3. The highest BCUT2D eigenvalue weighted by Crippen LogP contribution is 2.20. The van der Waals surface area contributed by atoms with E-state index in [1.54, 1.807) is 6.07 Å². The molecule has 1 N–H and O–H groups in total. The molecule has 0 aliphatic heterocycles. The van der Waals surface area contributed by atoms with Crippen molar-refractivity contribution in [2.24, 2.45) is 0 Å². The molecule has 2 aromatic rings. The maximum atomic E-state index is 13.7. The molecule has 110 valence electrons. The fourth-order valence-corrected chi connectivity index (χ4v) is 2.65. The Morgan fingerprint density at radius 2 is 2.15 bits per heavy atom. The summed E-state index contributed by atoms with van der Waals surface area (Å²) < 4.78 is 22.3. The van der Waals surface area contributed by atoms with Crippen molar-refractivity contribution in [1.82, 2.24) is 14.5 Å². The third kappa shape index (κ3) is 3.78. The molecule has 0 bridgehead atoms. The first-order chi connectivity index (χ1) is 9.49. The van der Waals surface area contributed by atoms with Crippen LogP contribution in [0.25, 0.3) is 11.0 Å². The van der Waals surface area contributed by atoms with Gasteiger partial charge in [-0.25, -0.2) is 4.39 Å². The number of fused-ring (bicyclic) bond motifs is 1. The smallest absolute Gasteiger partial charge is 0.178 e. The number of benzene rings is 1. The van der Waals surface area contributed by atoms with Crippen molar-refractivity contribution in [3.05, 3.63) is 26.3 Å². The molecular formula is C13H17FIN3OS. The van der Waals surface area contributed by atoms with Crippen LogP contribution in [-0.2, 0) is 11.3 Å². The van der Waals surface area contributed by atoms with Crippen LogP contribution in [0.2, 0.25) is 0 Å². The maximum Gasteiger partial charge on any atom is 0.178 e. The minimum Gasteiger partial charge on any atom is -0.378 e. The monoisotopic (exact) mass is 409 g/mol. The number of nitrogens with one attached hydrogen (secondary N) is 1. The van der Waals surface area contributed by atoms with Gasteiger partial charge in [-0.05, 0) is 55.0 Å². The summed E-state index contributed by atoms with van der Waals surface area (Å²) in [5.41, 5.74) is 1.64. The van der Waals surface area contributed by atoms with Crippen LogP contribution in [0.3, 0.4) is 0 Å². The van der Waals surface area contributed by atoms with Crippen molar-refractivity contribution < 1.29 is 9.13 Å². The van der Waals surface area contributed by atoms with Crippen molar-refractivity contribution in [3.63, 3.8) is 0 Å². The van der Waals surface area contributed by atoms with Crippen LogP contribution >= 0.6 is 34.8 Å². The minimum absolute atomic E-state index is 0.227. The average molecular weight is 409 g/mol. The molecule has 0 amide bonds. The lowest BCUT2D eigenvalue weighted by Crippen LogP contribution is -2.19. The molecule has 0 unspecified atom stereocenters. The van der Waals surface area contributed by atoms with E-state index in [0.29, 0.717) is 28.1 Å². The molecule has 0 radical (unpaired) electrons. The summed E-state index contributed by atoms with van der Waals surface area (Å²) >= 11 is 7.25. The van der Waals surface area contributed by atoms with Gasteiger partial charge in [0.15, 0.2) is 4.77 Å². The van der Waals surface area contributed by atoms with E-state index in [1.165, 1.54) is 6.07 Å². The molecule has 4 nitrogen and oxygen atoms in total. The van der Waals surface area contributed by atoms with Gasteiger partial charge in [0.1, 0.15) is 5.82 Å². The highest BCUT2D eigenvalue weighted by Gasteiger charge is 2.08. The Hall–Kier alpha value is -0.510. The molecule has 0 atom stereocenters. The molecule has 2 rings (SSSR count). The fourth-order valence-electron chi connectivity index (χ4n) is 1.88. The second kappa shape index (κ2) is 6.97. The molecule has 0 saturated heterocycles. The van der Waals surface area contributed by atoms with Crippen molar-refractivity contribution in [1.29, 1.82) is 0 Å². The van der Waals surface area contributed by atoms with E-state index in [4.69, 9.17) is 17.0 Å². The number of ether oxygens (including phenoxy) is 1. The molecule has 0 aliphatic rings. The summed E-state index contributed by atoms with van der Waals surface area (Å²) in [6.07, 6.45) is 0. The minimum atomic E-state index is -0.227. The van der Waals surface area contributed by atoms with Crippen LogP contribution < -0.4 is 0 Å². The topological polar surface area (TPSA) is 33.2 Å². The molecule has 1 aromatic carbocycles. The first-order valence-electron chi connectivity index (χ1n) is 6.29. The Labute approximate surface area is 136 Å². The van der Waals surface area contributed by atoms with E-state index >= 15 is 0 Å². The number of imidazole rings is 1. The molecule has 1 heterocycles. The molecule has 0 spiro atoms. The van der Waals surface area contributed by atoms with E-state index in [0.717, 1.165) is 17.6 Å². The Balaban J connectivity index is 2.08. The summed E-state index contributed by atoms with van der Waals surface area (Å²) in [4.78, 5) is 5.16. The number of hydrogen-bond donors (Lipinski definition) is 1. The number of likely N-dealkylation sites (N-methyl/N-ethyl adjacent to an activating group) is 1. The van der Waals surface area contributed by atoms with Gasteiger partial charge in [-0.2, -0.15) is 0 Å². The third-order valence-corrected chi connectivity index (χ3v) is 4.11. The predicted molar refractivity (Wildman–Crippen MR) is 89.2 cm³/mol. The fraction of sp³-hybridized carbons (Fsp3) is 0.462. The number of hydrogen-bond acceptors (Lipinski definition) is 3. The van der Waals surface area contributed by atoms with E-state index in [1.807, 2.05) is 41.3 Å². The largest absolute Gasteiger partial charge is 0.378 e. The molecule has 0 fully saturated rings. The summed E-state index contributed by atoms with van der Waals surface area (Å²) in [6.45, 7) is 2.73. The van der Waals surface area contributed by atoms with Gasteiger partial charge in [0.05, 0.1) is 27.8 Å². The quantitative estimate of drug-likeness (QED) is 0.453. The van der Waals surface area contributed by atoms with Crippen molar-refractivity contribution in [2.75, 3.05) is 33.9 Å². The van der Waals surface area contributed by atoms with Gasteiger partial charge in [-0.1, -0.05) is 0 Å². The highest BCUT2D eigenvalue weighted by atomic mass is 127. The van der Waals surface area contributed by atoms with Crippen molar-refractivity contribution in [3.8, 4) is 0 Å². The van der Waals surface area contributed by atoms with E-state index < -0.39 is 0 Å². The maximum absolute atomic E-state index is 13.7. The van der Waals surface area contributed by atoms with Crippen LogP contribution in [0.4, 0.5) is 4.39 Å². The Bertz CT molecular complexity index is 653. The lowest BCUT2D eigenvalue weighted by Gasteiger charge is -2.10. The van der Waals surface area contributed by atoms with Crippen LogP contribution in [0.1, 0.15) is 0 Å². The molecule has 7 heteroatoms. The zero-order valence-corrected chi connectivity index (χ0v) is 14.4. The Morgan fingerprint density at radius 3 is 2.85 bits per heavy atom. The van der Waals surface area contributed by atoms with Crippen molar-refractivity contribution >= 4 is 45.8 Å². The molecule has 0 aliphatic carbocycles. The zero-order valence-electron chi connectivity index (χ0n) is 11.4. The molecular weight excluding hydrogens is 392 g/mol. The number of aromatic amines is 1. The standard InChI is InChI=1S/C13H17FIN3OS/c1-17(2)3-5-19-6-4-18-12-7-9(14)10(15)8-11(12)16-13(18)20/h7-8H,3-6H2,1-2H3,(H,16,20). The van der Waals surface area contributed by atoms with Crippen molar-refractivity contribution in [2.45, 2.75) is 6.54 Å². The van der Waals surface area contributed by atoms with Gasteiger partial charge in [0.25, 0.3) is 0 Å². The van der Waals surface area contributed by atoms with Gasteiger partial charge >= 0.3 is 0 Å². The van der Waals surface area contributed by atoms with Crippen LogP contribution in [-0.4, -0.2) is 48.3 Å². The summed E-state index contributed by atoms with van der Waals surface area (Å²) in [5.74, 6) is -0.227. The summed E-state index contributed by atoms with van der Waals surface area (Å²) in [5, 5.41) is 0. The van der Waals surface area contributed by atoms with E-state index in [9.17, 15) is 4.39 Å². The second-order valence-corrected chi connectivity index (χ2v) is 6.33. The number of H-pyrrole nitrogens is 1. The normalized spacial score (nSPS) is 11.7. The van der Waals surface area contributed by atoms with Crippen LogP contribution in [0.15, 0.2) is 12.1 Å². The SMILES string of the molecule is CN(C)CCOCCn1c(=S)[nH]c2cc(I)c(F)cc21. The Morgan fingerprint density at radius 1 is 1.40 bits per heavy atom. The average Bonchev–Trinajstić information content (AvgIpc) is 2.65. The Kier molecular flexibility index (Phi) is 5.53. The predicted octanol–water partition coefficient (Wildman–Crippen LogP) is 3.02. The summed E-state index contributed by atoms with van der Waals surface area (Å²) in [6, 6.07) is 3.29. The molecule has 1 aromatic heterocycles. The highest BCUT2D eigenvalue weighted by molar-refractivity contribution is 14.1. The van der Waals surface area contributed by atoms with Gasteiger partial charge in [-0.3, -0.25) is 0 Å². The second-order valence-electron chi connectivity index (χ2n) is 4.78. The zero-order chi connectivity index (χ0) is 14.7. The number of halogens is 2. The van der Waals surface area contributed by atoms with Gasteiger partial charge in [-0.15, -0.1) is 0 Å². The summed E-state index contributed by atoms with van der Waals surface area (Å²) in [7, 11) is 4.01. The number of aromatic nitrogens is 2. The van der Waals surface area contributed by atoms with E-state index in [-0.39, 0.29) is 5.82 Å².